The fourth-order valence-corrected chi connectivity index (χ4v) is 11.0. The van der Waals surface area contributed by atoms with Crippen molar-refractivity contribution in [3.8, 4) is 22.3 Å². The SMILES string of the molecule is C[Si](=[Zr+2])CCC(F)(F)F.Cc1cc(C)cc(-c2cccc3[cH-]c(CC4CCCCC4)cc23)c1.Cc1cc(C)cc(-c2cccc3[cH-]c(CC4CCCCC4)cc23)c1.[Cl-].[Cl-]. The van der Waals surface area contributed by atoms with Gasteiger partial charge in [0.2, 0.25) is 0 Å². The summed E-state index contributed by atoms with van der Waals surface area (Å²) in [5.41, 5.74) is 13.3. The molecule has 2 aliphatic rings. The molecule has 0 saturated heterocycles. The van der Waals surface area contributed by atoms with Crippen molar-refractivity contribution < 1.29 is 61.3 Å². The van der Waals surface area contributed by atoms with Gasteiger partial charge in [0, 0.05) is 0 Å². The maximum atomic E-state index is 11.4. The molecule has 7 heteroatoms. The molecular formula is C52H61Cl2F3SiZr-2. The first-order valence-electron chi connectivity index (χ1n) is 21.4. The van der Waals surface area contributed by atoms with Crippen LogP contribution in [0.2, 0.25) is 12.6 Å². The van der Waals surface area contributed by atoms with Gasteiger partial charge < -0.3 is 24.8 Å². The van der Waals surface area contributed by atoms with Gasteiger partial charge in [0.05, 0.1) is 0 Å². The third-order valence-corrected chi connectivity index (χ3v) is 14.8. The summed E-state index contributed by atoms with van der Waals surface area (Å²) in [6, 6.07) is 37.4. The molecule has 0 heterocycles. The molecule has 59 heavy (non-hydrogen) atoms. The summed E-state index contributed by atoms with van der Waals surface area (Å²) in [5, 5.41) is 5.65. The van der Waals surface area contributed by atoms with Crippen molar-refractivity contribution in [1.29, 1.82) is 0 Å². The normalized spacial score (nSPS) is 14.7. The van der Waals surface area contributed by atoms with E-state index in [0.29, 0.717) is 6.04 Å². The van der Waals surface area contributed by atoms with E-state index < -0.39 is 18.0 Å². The fourth-order valence-electron chi connectivity index (χ4n) is 9.37. The molecule has 0 amide bonds. The molecule has 2 fully saturated rings. The van der Waals surface area contributed by atoms with Gasteiger partial charge in [0.15, 0.2) is 0 Å². The molecule has 314 valence electrons. The van der Waals surface area contributed by atoms with Gasteiger partial charge in [-0.1, -0.05) is 146 Å². The predicted octanol–water partition coefficient (Wildman–Crippen LogP) is 10.0. The number of benzene rings is 4. The molecule has 0 N–H and O–H groups in total. The second-order valence-electron chi connectivity index (χ2n) is 17.4. The van der Waals surface area contributed by atoms with Crippen molar-refractivity contribution >= 4 is 27.0 Å². The van der Waals surface area contributed by atoms with Crippen molar-refractivity contribution in [2.45, 2.75) is 130 Å². The number of alkyl halides is 3. The summed E-state index contributed by atoms with van der Waals surface area (Å²) in [7, 11) is 0. The first-order valence-corrected chi connectivity index (χ1v) is 27.3. The van der Waals surface area contributed by atoms with Crippen LogP contribution in [0.4, 0.5) is 13.2 Å². The van der Waals surface area contributed by atoms with E-state index in [2.05, 4.69) is 125 Å². The Kier molecular flexibility index (Phi) is 19.3. The monoisotopic (exact) mass is 930 g/mol. The van der Waals surface area contributed by atoms with E-state index in [9.17, 15) is 13.2 Å². The average Bonchev–Trinajstić information content (AvgIpc) is 3.77. The van der Waals surface area contributed by atoms with Crippen LogP contribution >= 0.6 is 0 Å². The van der Waals surface area contributed by atoms with Gasteiger partial charge in [0.25, 0.3) is 0 Å². The number of halogens is 5. The van der Waals surface area contributed by atoms with E-state index >= 15 is 0 Å². The number of fused-ring (bicyclic) bond motifs is 2. The molecule has 0 bridgehead atoms. The second kappa shape index (κ2) is 23.1. The van der Waals surface area contributed by atoms with Crippen molar-refractivity contribution in [3.63, 3.8) is 0 Å². The van der Waals surface area contributed by atoms with Crippen LogP contribution in [0.3, 0.4) is 0 Å². The molecule has 0 nitrogen and oxygen atoms in total. The van der Waals surface area contributed by atoms with Gasteiger partial charge in [-0.15, -0.1) is 69.1 Å². The summed E-state index contributed by atoms with van der Waals surface area (Å²) < 4.78 is 34.3. The molecular weight excluding hydrogens is 872 g/mol. The van der Waals surface area contributed by atoms with E-state index in [1.807, 2.05) is 6.55 Å². The summed E-state index contributed by atoms with van der Waals surface area (Å²) >= 11 is 1.29. The van der Waals surface area contributed by atoms with Crippen LogP contribution in [0.1, 0.15) is 104 Å². The first-order chi connectivity index (χ1) is 27.3. The van der Waals surface area contributed by atoms with Crippen LogP contribution in [0.15, 0.2) is 97.1 Å². The maximum Gasteiger partial charge on any atom is -0.0274 e. The molecule has 0 radical (unpaired) electrons. The Morgan fingerprint density at radius 3 is 1.27 bits per heavy atom. The predicted molar refractivity (Wildman–Crippen MR) is 237 cm³/mol. The van der Waals surface area contributed by atoms with Gasteiger partial charge in [-0.3, -0.25) is 0 Å². The number of rotatable bonds is 8. The Balaban J connectivity index is 0.000000211. The summed E-state index contributed by atoms with van der Waals surface area (Å²) in [6.45, 7) is 10.7. The first kappa shape index (κ1) is 49.2. The molecule has 0 aromatic heterocycles. The molecule has 6 aromatic carbocycles. The Morgan fingerprint density at radius 2 is 0.949 bits per heavy atom. The van der Waals surface area contributed by atoms with Gasteiger partial charge in [-0.2, -0.15) is 12.1 Å². The van der Waals surface area contributed by atoms with Crippen LogP contribution in [-0.2, 0) is 36.2 Å². The Morgan fingerprint density at radius 1 is 0.576 bits per heavy atom. The topological polar surface area (TPSA) is 0 Å². The van der Waals surface area contributed by atoms with Crippen molar-refractivity contribution in [2.24, 2.45) is 11.8 Å². The quantitative estimate of drug-likeness (QED) is 0.105. The zero-order valence-electron chi connectivity index (χ0n) is 35.7. The molecule has 0 unspecified atom stereocenters. The Hall–Kier alpha value is -2.43. The number of hydrogen-bond acceptors (Lipinski definition) is 0. The fraction of sp³-hybridized carbons (Fsp3) is 0.423. The van der Waals surface area contributed by atoms with E-state index in [1.54, 1.807) is 0 Å². The molecule has 2 saturated carbocycles. The van der Waals surface area contributed by atoms with E-state index in [4.69, 9.17) is 0 Å². The Bertz CT molecular complexity index is 2070. The van der Waals surface area contributed by atoms with Crippen LogP contribution in [0.5, 0.6) is 0 Å². The van der Waals surface area contributed by atoms with Crippen molar-refractivity contribution in [2.75, 3.05) is 0 Å². The third kappa shape index (κ3) is 14.9. The molecule has 6 aromatic rings. The smallest absolute Gasteiger partial charge is 0.0274 e. The minimum Gasteiger partial charge on any atom is -1.00 e. The van der Waals surface area contributed by atoms with E-state index in [1.165, 1.54) is 178 Å². The number of aryl methyl sites for hydroxylation is 4. The van der Waals surface area contributed by atoms with Crippen LogP contribution in [-0.4, -0.2) is 11.6 Å². The molecule has 0 aliphatic heterocycles. The van der Waals surface area contributed by atoms with Gasteiger partial charge >= 0.3 is 67.1 Å². The molecule has 0 spiro atoms. The summed E-state index contributed by atoms with van der Waals surface area (Å²) in [4.78, 5) is 0. The maximum absolute atomic E-state index is 11.4. The molecule has 0 atom stereocenters. The molecule has 2 aliphatic carbocycles. The minimum atomic E-state index is -3.93. The largest absolute Gasteiger partial charge is 1.00 e. The van der Waals surface area contributed by atoms with Crippen LogP contribution in [0, 0.1) is 39.5 Å². The van der Waals surface area contributed by atoms with E-state index in [0.717, 1.165) is 11.8 Å². The van der Waals surface area contributed by atoms with Crippen molar-refractivity contribution in [1.82, 2.24) is 0 Å². The summed E-state index contributed by atoms with van der Waals surface area (Å²) in [6.07, 6.45) is 12.3. The Labute approximate surface area is 380 Å². The summed E-state index contributed by atoms with van der Waals surface area (Å²) in [5.74, 6) is 1.81. The second-order valence-corrected chi connectivity index (χ2v) is 25.8. The van der Waals surface area contributed by atoms with Gasteiger partial charge in [-0.25, -0.2) is 0 Å². The molecule has 8 rings (SSSR count). The van der Waals surface area contributed by atoms with E-state index in [-0.39, 0.29) is 24.8 Å². The average molecular weight is 933 g/mol. The third-order valence-electron chi connectivity index (χ3n) is 12.0. The standard InChI is InChI=1S/2C24H27.C4H7F3Si.2ClH.Zr/c2*1-17-11-18(2)13-22(12-17)23-10-6-9-21-15-20(16-24(21)23)14-19-7-4-3-5-8-19;1-8-3-2-4(5,6)7;;;/h2*6,9-13,15-16,19H,3-5,7-8,14H2,1-2H3;2-3H2,1H3;2*1H;/q2*-1;;;;+2/p-2. The zero-order chi connectivity index (χ0) is 40.5. The van der Waals surface area contributed by atoms with Gasteiger partial charge in [0.1, 0.15) is 0 Å². The van der Waals surface area contributed by atoms with Gasteiger partial charge in [-0.05, 0) is 63.5 Å². The minimum absolute atomic E-state index is 0. The van der Waals surface area contributed by atoms with Crippen LogP contribution < -0.4 is 24.8 Å². The van der Waals surface area contributed by atoms with Crippen molar-refractivity contribution in [3.05, 3.63) is 130 Å². The van der Waals surface area contributed by atoms with Crippen LogP contribution in [0.25, 0.3) is 43.8 Å². The zero-order valence-corrected chi connectivity index (χ0v) is 40.7. The number of hydrogen-bond donors (Lipinski definition) is 0.